The van der Waals surface area contributed by atoms with Crippen molar-refractivity contribution >= 4 is 22.8 Å². The molecule has 1 saturated heterocycles. The average Bonchev–Trinajstić information content (AvgIpc) is 2.91. The fourth-order valence-electron chi connectivity index (χ4n) is 2.12. The third-order valence-electron chi connectivity index (χ3n) is 3.16. The summed E-state index contributed by atoms with van der Waals surface area (Å²) in [7, 11) is 1.47. The summed E-state index contributed by atoms with van der Waals surface area (Å²) < 4.78 is 28.8. The van der Waals surface area contributed by atoms with Crippen LogP contribution in [0.1, 0.15) is 2.74 Å². The highest BCUT2D eigenvalue weighted by Gasteiger charge is 2.20. The van der Waals surface area contributed by atoms with Gasteiger partial charge in [-0.3, -0.25) is 4.90 Å². The van der Waals surface area contributed by atoms with Gasteiger partial charge in [0.2, 0.25) is 11.6 Å². The van der Waals surface area contributed by atoms with Crippen LogP contribution in [0.2, 0.25) is 5.28 Å². The smallest absolute Gasteiger partial charge is 0.274 e. The van der Waals surface area contributed by atoms with Gasteiger partial charge in [0.05, 0.1) is 23.1 Å². The second-order valence-electron chi connectivity index (χ2n) is 4.39. The monoisotopic (exact) mass is 300 g/mol. The largest absolute Gasteiger partial charge is 0.478 e. The van der Waals surface area contributed by atoms with Gasteiger partial charge in [0, 0.05) is 19.6 Å². The molecule has 7 nitrogen and oxygen atoms in total. The molecule has 3 rings (SSSR count). The topological polar surface area (TPSA) is 67.2 Å². The van der Waals surface area contributed by atoms with E-state index >= 15 is 0 Å². The van der Waals surface area contributed by atoms with E-state index in [1.54, 1.807) is 0 Å². The fourth-order valence-corrected chi connectivity index (χ4v) is 2.28. The quantitative estimate of drug-likeness (QED) is 0.647. The zero-order valence-corrected chi connectivity index (χ0v) is 11.9. The van der Waals surface area contributed by atoms with E-state index in [0.717, 1.165) is 0 Å². The van der Waals surface area contributed by atoms with Crippen molar-refractivity contribution in [2.45, 2.75) is 6.50 Å². The molecule has 1 aliphatic heterocycles. The van der Waals surface area contributed by atoms with Crippen molar-refractivity contribution in [1.29, 1.82) is 0 Å². The van der Waals surface area contributed by atoms with Crippen LogP contribution in [0.5, 0.6) is 5.88 Å². The first-order valence-electron chi connectivity index (χ1n) is 7.32. The molecule has 1 fully saturated rings. The Balaban J connectivity index is 1.97. The van der Waals surface area contributed by atoms with Crippen molar-refractivity contribution in [3.05, 3.63) is 11.6 Å². The molecule has 20 heavy (non-hydrogen) atoms. The minimum Gasteiger partial charge on any atom is -0.478 e. The molecule has 0 aliphatic carbocycles. The Morgan fingerprint density at radius 1 is 1.55 bits per heavy atom. The number of nitrogens with one attached hydrogen (secondary N) is 1. The maximum atomic E-state index is 8.41. The Labute approximate surface area is 124 Å². The van der Waals surface area contributed by atoms with Gasteiger partial charge < -0.3 is 9.47 Å². The van der Waals surface area contributed by atoms with Gasteiger partial charge in [0.25, 0.3) is 17.0 Å². The number of morpholine rings is 1. The summed E-state index contributed by atoms with van der Waals surface area (Å²) >= 11 is 5.83. The van der Waals surface area contributed by atoms with Crippen LogP contribution in [0.3, 0.4) is 0 Å². The summed E-state index contributed by atoms with van der Waals surface area (Å²) in [6.45, 7) is 1.25. The van der Waals surface area contributed by atoms with E-state index in [1.807, 2.05) is 4.90 Å². The number of hydrogen-bond donors (Lipinski definition) is 1. The highest BCUT2D eigenvalue weighted by Crippen LogP contribution is 2.19. The predicted molar refractivity (Wildman–Crippen MR) is 72.9 cm³/mol. The highest BCUT2D eigenvalue weighted by molar-refractivity contribution is 6.28. The Kier molecular flexibility index (Phi) is 3.32. The van der Waals surface area contributed by atoms with E-state index in [9.17, 15) is 0 Å². The van der Waals surface area contributed by atoms with Gasteiger partial charge in [-0.1, -0.05) is 0 Å². The number of ether oxygens (including phenoxy) is 2. The van der Waals surface area contributed by atoms with Crippen LogP contribution in [0.15, 0.2) is 6.33 Å². The molecular formula is C12H17ClN5O2+. The summed E-state index contributed by atoms with van der Waals surface area (Å²) in [6.07, 6.45) is 1.53. The minimum atomic E-state index is -1.65. The standard InChI is InChI=1S/C12H16ClN5O2/c1-19-11-9-10(15-12(13)16-11)14-8-18(9)3-2-17-4-6-20-7-5-17/h8H,2-7H2,1H3/p+1/i3D2. The molecule has 0 aromatic carbocycles. The number of H-pyrrole nitrogens is 1. The summed E-state index contributed by atoms with van der Waals surface area (Å²) in [5.74, 6) is 0.238. The maximum Gasteiger partial charge on any atom is 0.274 e. The Morgan fingerprint density at radius 2 is 2.35 bits per heavy atom. The fraction of sp³-hybridized carbons (Fsp3) is 0.583. The van der Waals surface area contributed by atoms with Crippen LogP contribution in [-0.4, -0.2) is 59.8 Å². The number of halogens is 1. The van der Waals surface area contributed by atoms with E-state index in [4.69, 9.17) is 23.8 Å². The van der Waals surface area contributed by atoms with Crippen molar-refractivity contribution in [1.82, 2.24) is 19.9 Å². The molecule has 108 valence electrons. The number of imidazole rings is 1. The molecule has 0 unspecified atom stereocenters. The van der Waals surface area contributed by atoms with Gasteiger partial charge in [0.1, 0.15) is 6.50 Å². The Hall–Kier alpha value is -1.44. The molecule has 0 amide bonds. The summed E-state index contributed by atoms with van der Waals surface area (Å²) in [4.78, 5) is 13.0. The number of fused-ring (bicyclic) bond motifs is 1. The van der Waals surface area contributed by atoms with E-state index in [1.165, 1.54) is 18.0 Å². The van der Waals surface area contributed by atoms with Gasteiger partial charge in [-0.2, -0.15) is 9.97 Å². The molecule has 2 aromatic heterocycles. The van der Waals surface area contributed by atoms with Crippen LogP contribution < -0.4 is 9.30 Å². The van der Waals surface area contributed by atoms with E-state index in [-0.39, 0.29) is 17.7 Å². The van der Waals surface area contributed by atoms with Crippen molar-refractivity contribution in [3.8, 4) is 5.88 Å². The van der Waals surface area contributed by atoms with Crippen LogP contribution in [0.25, 0.3) is 11.2 Å². The Morgan fingerprint density at radius 3 is 3.10 bits per heavy atom. The Bertz CT molecular complexity index is 675. The van der Waals surface area contributed by atoms with Crippen molar-refractivity contribution in [2.24, 2.45) is 0 Å². The van der Waals surface area contributed by atoms with Crippen molar-refractivity contribution in [3.63, 3.8) is 0 Å². The number of aromatic amines is 1. The molecule has 3 heterocycles. The van der Waals surface area contributed by atoms with E-state index in [2.05, 4.69) is 15.0 Å². The third-order valence-corrected chi connectivity index (χ3v) is 3.33. The van der Waals surface area contributed by atoms with Crippen LogP contribution in [0.4, 0.5) is 0 Å². The average molecular weight is 301 g/mol. The molecule has 8 heteroatoms. The lowest BCUT2D eigenvalue weighted by Crippen LogP contribution is -2.44. The van der Waals surface area contributed by atoms with Gasteiger partial charge in [-0.15, -0.1) is 0 Å². The normalized spacial score (nSPS) is 18.9. The molecule has 0 bridgehead atoms. The molecule has 1 aliphatic rings. The zero-order valence-electron chi connectivity index (χ0n) is 13.1. The summed E-state index contributed by atoms with van der Waals surface area (Å²) in [5.41, 5.74) is 0.882. The first-order valence-corrected chi connectivity index (χ1v) is 6.70. The van der Waals surface area contributed by atoms with E-state index in [0.29, 0.717) is 37.5 Å². The molecule has 2 aromatic rings. The van der Waals surface area contributed by atoms with Gasteiger partial charge in [0.15, 0.2) is 0 Å². The highest BCUT2D eigenvalue weighted by atomic mass is 35.5. The lowest BCUT2D eigenvalue weighted by atomic mass is 10.4. The second kappa shape index (κ2) is 5.90. The lowest BCUT2D eigenvalue weighted by Gasteiger charge is -2.25. The van der Waals surface area contributed by atoms with Crippen LogP contribution in [-0.2, 0) is 11.2 Å². The number of methoxy groups -OCH3 is 1. The van der Waals surface area contributed by atoms with Crippen LogP contribution >= 0.6 is 11.6 Å². The maximum absolute atomic E-state index is 8.41. The van der Waals surface area contributed by atoms with Crippen molar-refractivity contribution < 1.29 is 16.8 Å². The lowest BCUT2D eigenvalue weighted by molar-refractivity contribution is -0.671. The first kappa shape index (κ1) is 11.2. The van der Waals surface area contributed by atoms with Crippen LogP contribution in [0, 0.1) is 0 Å². The third kappa shape index (κ3) is 2.70. The van der Waals surface area contributed by atoms with Gasteiger partial charge in [-0.05, 0) is 11.6 Å². The molecular weight excluding hydrogens is 282 g/mol. The first-order chi connectivity index (χ1) is 10.5. The van der Waals surface area contributed by atoms with Crippen molar-refractivity contribution in [2.75, 3.05) is 40.0 Å². The molecule has 0 saturated carbocycles. The predicted octanol–water partition coefficient (Wildman–Crippen LogP) is 0.240. The number of nitrogens with zero attached hydrogens (tertiary/aromatic N) is 4. The SMILES string of the molecule is [2H]C([2H])(CN1CCOCC1)[n+]1c[nH]c2nc(Cl)nc(OC)c21. The summed E-state index contributed by atoms with van der Waals surface area (Å²) in [5, 5.41) is 0.0482. The molecule has 1 N–H and O–H groups in total. The number of aromatic nitrogens is 4. The zero-order chi connectivity index (χ0) is 15.7. The van der Waals surface area contributed by atoms with Gasteiger partial charge >= 0.3 is 0 Å². The summed E-state index contributed by atoms with van der Waals surface area (Å²) in [6, 6.07) is 0. The molecule has 0 spiro atoms. The number of hydrogen-bond acceptors (Lipinski definition) is 5. The van der Waals surface area contributed by atoms with Gasteiger partial charge in [-0.25, -0.2) is 9.55 Å². The number of rotatable bonds is 4. The molecule has 0 radical (unpaired) electrons. The van der Waals surface area contributed by atoms with E-state index < -0.39 is 6.50 Å². The second-order valence-corrected chi connectivity index (χ2v) is 4.73. The molecule has 0 atom stereocenters. The minimum absolute atomic E-state index is 0.0482.